The van der Waals surface area contributed by atoms with E-state index in [1.807, 2.05) is 24.3 Å². The molecule has 0 spiro atoms. The van der Waals surface area contributed by atoms with Crippen molar-refractivity contribution >= 4 is 0 Å². The smallest absolute Gasteiger partial charge is 0.127 e. The van der Waals surface area contributed by atoms with E-state index in [2.05, 4.69) is 24.3 Å². The van der Waals surface area contributed by atoms with Crippen molar-refractivity contribution in [3.63, 3.8) is 0 Å². The van der Waals surface area contributed by atoms with E-state index in [0.29, 0.717) is 12.3 Å². The largest absolute Gasteiger partial charge is 0.485 e. The topological polar surface area (TPSA) is 29.5 Å². The number of aliphatic hydroxyl groups excluding tert-OH is 1. The van der Waals surface area contributed by atoms with E-state index in [1.165, 1.54) is 24.0 Å². The molecule has 0 radical (unpaired) electrons. The number of hydrogen-bond acceptors (Lipinski definition) is 2. The first-order chi connectivity index (χ1) is 9.83. The second-order valence-corrected chi connectivity index (χ2v) is 5.80. The van der Waals surface area contributed by atoms with Gasteiger partial charge >= 0.3 is 0 Å². The van der Waals surface area contributed by atoms with Crippen LogP contribution in [-0.2, 0) is 0 Å². The maximum Gasteiger partial charge on any atom is 0.127 e. The molecule has 1 aliphatic carbocycles. The van der Waals surface area contributed by atoms with Gasteiger partial charge in [0.2, 0.25) is 0 Å². The zero-order chi connectivity index (χ0) is 13.5. The number of benzene rings is 2. The third-order valence-electron chi connectivity index (χ3n) is 4.34. The Morgan fingerprint density at radius 3 is 2.25 bits per heavy atom. The predicted octanol–water partition coefficient (Wildman–Crippen LogP) is 4.12. The number of rotatable bonds is 2. The minimum absolute atomic E-state index is 0.0308. The van der Waals surface area contributed by atoms with Gasteiger partial charge in [-0.1, -0.05) is 42.5 Å². The Balaban J connectivity index is 1.71. The van der Waals surface area contributed by atoms with Gasteiger partial charge in [-0.2, -0.15) is 0 Å². The normalized spacial score (nSPS) is 24.9. The fraction of sp³-hybridized carbons (Fsp3) is 0.333. The van der Waals surface area contributed by atoms with Crippen molar-refractivity contribution in [1.82, 2.24) is 0 Å². The molecule has 1 unspecified atom stereocenters. The molecular formula is C18H18O2. The van der Waals surface area contributed by atoms with Crippen molar-refractivity contribution in [1.29, 1.82) is 0 Å². The summed E-state index contributed by atoms with van der Waals surface area (Å²) in [7, 11) is 0. The van der Waals surface area contributed by atoms with Gasteiger partial charge in [-0.05, 0) is 36.0 Å². The van der Waals surface area contributed by atoms with E-state index >= 15 is 0 Å². The summed E-state index contributed by atoms with van der Waals surface area (Å²) >= 11 is 0. The van der Waals surface area contributed by atoms with E-state index in [4.69, 9.17) is 4.74 Å². The molecule has 2 heteroatoms. The molecule has 0 bridgehead atoms. The lowest BCUT2D eigenvalue weighted by Gasteiger charge is -2.31. The standard InChI is InChI=1S/C18H18O2/c19-16-11-18(20-17-8-4-3-7-15(16)17)14-6-2-1-5-13(14)12-9-10-12/h1-8,12,16,18-19H,9-11H2/t16-,18?/m1/s1. The minimum Gasteiger partial charge on any atom is -0.485 e. The molecule has 102 valence electrons. The lowest BCUT2D eigenvalue weighted by Crippen LogP contribution is -2.20. The summed E-state index contributed by atoms with van der Waals surface area (Å²) in [5, 5.41) is 10.4. The van der Waals surface area contributed by atoms with E-state index in [9.17, 15) is 5.11 Å². The van der Waals surface area contributed by atoms with Gasteiger partial charge in [-0.15, -0.1) is 0 Å². The Hall–Kier alpha value is -1.80. The molecule has 1 saturated carbocycles. The van der Waals surface area contributed by atoms with Gasteiger partial charge in [-0.3, -0.25) is 0 Å². The zero-order valence-electron chi connectivity index (χ0n) is 11.3. The molecule has 2 atom stereocenters. The lowest BCUT2D eigenvalue weighted by atomic mass is 9.91. The Morgan fingerprint density at radius 1 is 0.850 bits per heavy atom. The fourth-order valence-corrected chi connectivity index (χ4v) is 3.15. The Morgan fingerprint density at radius 2 is 1.50 bits per heavy atom. The number of fused-ring (bicyclic) bond motifs is 1. The molecule has 1 aliphatic heterocycles. The summed E-state index contributed by atoms with van der Waals surface area (Å²) in [5.74, 6) is 1.52. The van der Waals surface area contributed by atoms with Crippen LogP contribution in [0.25, 0.3) is 0 Å². The van der Waals surface area contributed by atoms with Crippen LogP contribution in [0.4, 0.5) is 0 Å². The number of aliphatic hydroxyl groups is 1. The molecule has 1 N–H and O–H groups in total. The third-order valence-corrected chi connectivity index (χ3v) is 4.34. The average molecular weight is 266 g/mol. The van der Waals surface area contributed by atoms with Gasteiger partial charge in [-0.25, -0.2) is 0 Å². The first kappa shape index (κ1) is 12.0. The van der Waals surface area contributed by atoms with Crippen molar-refractivity contribution < 1.29 is 9.84 Å². The van der Waals surface area contributed by atoms with Crippen LogP contribution in [0.15, 0.2) is 48.5 Å². The quantitative estimate of drug-likeness (QED) is 0.886. The zero-order valence-corrected chi connectivity index (χ0v) is 11.3. The summed E-state index contributed by atoms with van der Waals surface area (Å²) in [6.07, 6.45) is 2.74. The summed E-state index contributed by atoms with van der Waals surface area (Å²) in [6.45, 7) is 0. The SMILES string of the molecule is O[C@@H]1CC(c2ccccc2C2CC2)Oc2ccccc21. The molecule has 1 heterocycles. The van der Waals surface area contributed by atoms with Gasteiger partial charge in [0.1, 0.15) is 11.9 Å². The Kier molecular flexibility index (Phi) is 2.78. The van der Waals surface area contributed by atoms with Crippen LogP contribution in [0.3, 0.4) is 0 Å². The average Bonchev–Trinajstić information content (AvgIpc) is 3.32. The van der Waals surface area contributed by atoms with Crippen LogP contribution in [0, 0.1) is 0 Å². The second kappa shape index (κ2) is 4.64. The van der Waals surface area contributed by atoms with Crippen LogP contribution >= 0.6 is 0 Å². The number of ether oxygens (including phenoxy) is 1. The fourth-order valence-electron chi connectivity index (χ4n) is 3.15. The van der Waals surface area contributed by atoms with Gasteiger partial charge in [0.15, 0.2) is 0 Å². The van der Waals surface area contributed by atoms with Crippen LogP contribution < -0.4 is 4.74 Å². The maximum absolute atomic E-state index is 10.4. The van der Waals surface area contributed by atoms with Crippen LogP contribution in [-0.4, -0.2) is 5.11 Å². The summed E-state index contributed by atoms with van der Waals surface area (Å²) in [4.78, 5) is 0. The minimum atomic E-state index is -0.433. The first-order valence-electron chi connectivity index (χ1n) is 7.35. The Bertz CT molecular complexity index is 631. The molecule has 0 aromatic heterocycles. The van der Waals surface area contributed by atoms with Gasteiger partial charge in [0.05, 0.1) is 6.10 Å². The van der Waals surface area contributed by atoms with Crippen molar-refractivity contribution in [2.45, 2.75) is 37.4 Å². The predicted molar refractivity (Wildman–Crippen MR) is 77.8 cm³/mol. The highest BCUT2D eigenvalue weighted by Crippen LogP contribution is 2.47. The van der Waals surface area contributed by atoms with E-state index in [-0.39, 0.29) is 6.10 Å². The molecule has 0 amide bonds. The van der Waals surface area contributed by atoms with Gasteiger partial charge < -0.3 is 9.84 Å². The molecule has 20 heavy (non-hydrogen) atoms. The monoisotopic (exact) mass is 266 g/mol. The molecule has 2 aromatic carbocycles. The summed E-state index contributed by atoms with van der Waals surface area (Å²) < 4.78 is 6.15. The molecule has 0 saturated heterocycles. The van der Waals surface area contributed by atoms with Crippen LogP contribution in [0.1, 0.15) is 54.1 Å². The molecular weight excluding hydrogens is 248 g/mol. The van der Waals surface area contributed by atoms with E-state index < -0.39 is 6.10 Å². The molecule has 2 aliphatic rings. The third kappa shape index (κ3) is 2.01. The van der Waals surface area contributed by atoms with Crippen molar-refractivity contribution in [2.24, 2.45) is 0 Å². The lowest BCUT2D eigenvalue weighted by molar-refractivity contribution is 0.0653. The van der Waals surface area contributed by atoms with Crippen molar-refractivity contribution in [3.05, 3.63) is 65.2 Å². The van der Waals surface area contributed by atoms with Crippen LogP contribution in [0.2, 0.25) is 0 Å². The first-order valence-corrected chi connectivity index (χ1v) is 7.35. The second-order valence-electron chi connectivity index (χ2n) is 5.80. The molecule has 4 rings (SSSR count). The highest BCUT2D eigenvalue weighted by atomic mass is 16.5. The van der Waals surface area contributed by atoms with Gasteiger partial charge in [0, 0.05) is 12.0 Å². The Labute approximate surface area is 119 Å². The summed E-state index contributed by atoms with van der Waals surface area (Å²) in [5.41, 5.74) is 3.57. The van der Waals surface area contributed by atoms with Crippen molar-refractivity contribution in [3.8, 4) is 5.75 Å². The maximum atomic E-state index is 10.4. The highest BCUT2D eigenvalue weighted by molar-refractivity contribution is 5.41. The number of hydrogen-bond donors (Lipinski definition) is 1. The molecule has 1 fully saturated rings. The highest BCUT2D eigenvalue weighted by Gasteiger charge is 2.32. The number of para-hydroxylation sites is 1. The molecule has 2 nitrogen and oxygen atoms in total. The van der Waals surface area contributed by atoms with Crippen LogP contribution in [0.5, 0.6) is 5.75 Å². The van der Waals surface area contributed by atoms with E-state index in [0.717, 1.165) is 11.3 Å². The van der Waals surface area contributed by atoms with Crippen molar-refractivity contribution in [2.75, 3.05) is 0 Å². The van der Waals surface area contributed by atoms with E-state index in [1.54, 1.807) is 0 Å². The van der Waals surface area contributed by atoms with Gasteiger partial charge in [0.25, 0.3) is 0 Å². The molecule has 2 aromatic rings. The summed E-state index contributed by atoms with van der Waals surface area (Å²) in [6, 6.07) is 16.3.